The second-order valence-electron chi connectivity index (χ2n) is 6.84. The third-order valence-corrected chi connectivity index (χ3v) is 5.13. The Morgan fingerprint density at radius 3 is 2.81 bits per heavy atom. The predicted molar refractivity (Wildman–Crippen MR) is 115 cm³/mol. The monoisotopic (exact) mass is 444 g/mol. The normalized spacial score (nSPS) is 11.0. The maximum Gasteiger partial charge on any atom is 0.218 e. The zero-order valence-corrected chi connectivity index (χ0v) is 17.6. The van der Waals surface area contributed by atoms with Gasteiger partial charge >= 0.3 is 0 Å². The van der Waals surface area contributed by atoms with Crippen molar-refractivity contribution >= 4 is 28.3 Å². The lowest BCUT2D eigenvalue weighted by Gasteiger charge is -2.14. The van der Waals surface area contributed by atoms with Crippen molar-refractivity contribution in [3.05, 3.63) is 76.2 Å². The van der Waals surface area contributed by atoms with Gasteiger partial charge in [-0.05, 0) is 31.2 Å². The number of aromatic nitrogens is 3. The highest BCUT2D eigenvalue weighted by atomic mass is 35.5. The largest absolute Gasteiger partial charge is 0.487 e. The molecule has 4 rings (SSSR count). The molecular weight excluding hydrogens is 426 g/mol. The van der Waals surface area contributed by atoms with Crippen molar-refractivity contribution in [1.82, 2.24) is 15.0 Å². The van der Waals surface area contributed by atoms with Gasteiger partial charge in [-0.15, -0.1) is 0 Å². The van der Waals surface area contributed by atoms with E-state index in [1.165, 1.54) is 31.6 Å². The van der Waals surface area contributed by atoms with Gasteiger partial charge in [-0.2, -0.15) is 0 Å². The van der Waals surface area contributed by atoms with Crippen LogP contribution in [0.25, 0.3) is 11.0 Å². The first-order valence-corrected chi connectivity index (χ1v) is 9.80. The van der Waals surface area contributed by atoms with Crippen LogP contribution in [-0.4, -0.2) is 22.1 Å². The molecule has 2 N–H and O–H groups in total. The van der Waals surface area contributed by atoms with Crippen LogP contribution in [0.2, 0.25) is 5.02 Å². The number of ether oxygens (including phenoxy) is 2. The van der Waals surface area contributed by atoms with E-state index in [9.17, 15) is 4.39 Å². The summed E-state index contributed by atoms with van der Waals surface area (Å²) < 4.78 is 40.3. The summed E-state index contributed by atoms with van der Waals surface area (Å²) in [7, 11) is 1.48. The fourth-order valence-electron chi connectivity index (χ4n) is 3.25. The molecule has 0 aliphatic heterocycles. The molecule has 0 saturated carbocycles. The van der Waals surface area contributed by atoms with E-state index in [0.29, 0.717) is 22.2 Å². The van der Waals surface area contributed by atoms with E-state index in [1.54, 1.807) is 12.3 Å². The summed E-state index contributed by atoms with van der Waals surface area (Å²) >= 11 is 5.98. The number of hydrogen-bond acceptors (Lipinski definition) is 5. The van der Waals surface area contributed by atoms with E-state index in [-0.39, 0.29) is 24.4 Å². The molecule has 0 unspecified atom stereocenters. The van der Waals surface area contributed by atoms with Crippen molar-refractivity contribution in [3.63, 3.8) is 0 Å². The Kier molecular flexibility index (Phi) is 5.90. The van der Waals surface area contributed by atoms with Crippen LogP contribution in [0, 0.1) is 18.6 Å². The van der Waals surface area contributed by atoms with Crippen LogP contribution in [0.4, 0.5) is 14.5 Å². The van der Waals surface area contributed by atoms with E-state index in [4.69, 9.17) is 21.1 Å². The molecule has 160 valence electrons. The van der Waals surface area contributed by atoms with E-state index >= 15 is 4.39 Å². The molecule has 1 aromatic carbocycles. The molecule has 0 saturated heterocycles. The Morgan fingerprint density at radius 1 is 1.16 bits per heavy atom. The number of hydrogen-bond donors (Lipinski definition) is 2. The van der Waals surface area contributed by atoms with Gasteiger partial charge in [-0.1, -0.05) is 11.6 Å². The number of fused-ring (bicyclic) bond motifs is 1. The number of nitrogens with zero attached hydrogens (tertiary/aromatic N) is 2. The molecule has 0 fully saturated rings. The molecule has 9 heteroatoms. The number of anilines is 1. The minimum Gasteiger partial charge on any atom is -0.487 e. The number of aryl methyl sites for hydroxylation is 1. The molecule has 0 aliphatic carbocycles. The number of rotatable bonds is 7. The number of nitrogens with one attached hydrogen (secondary N) is 2. The van der Waals surface area contributed by atoms with Crippen molar-refractivity contribution in [3.8, 4) is 11.6 Å². The van der Waals surface area contributed by atoms with Gasteiger partial charge in [0, 0.05) is 35.5 Å². The fourth-order valence-corrected chi connectivity index (χ4v) is 3.43. The molecule has 0 bridgehead atoms. The molecule has 31 heavy (non-hydrogen) atoms. The second kappa shape index (κ2) is 8.77. The van der Waals surface area contributed by atoms with E-state index in [2.05, 4.69) is 20.3 Å². The summed E-state index contributed by atoms with van der Waals surface area (Å²) in [5, 5.41) is 4.25. The van der Waals surface area contributed by atoms with Crippen molar-refractivity contribution < 1.29 is 18.3 Å². The third kappa shape index (κ3) is 4.25. The average Bonchev–Trinajstić information content (AvgIpc) is 3.24. The van der Waals surface area contributed by atoms with Gasteiger partial charge in [0.25, 0.3) is 0 Å². The minimum absolute atomic E-state index is 0.123. The molecule has 3 aromatic heterocycles. The molecule has 4 aromatic rings. The van der Waals surface area contributed by atoms with Gasteiger partial charge < -0.3 is 19.8 Å². The number of aromatic amines is 1. The molecule has 6 nitrogen and oxygen atoms in total. The molecular formula is C22H19ClF2N4O2. The van der Waals surface area contributed by atoms with Gasteiger partial charge in [0.1, 0.15) is 23.8 Å². The first kappa shape index (κ1) is 20.9. The highest BCUT2D eigenvalue weighted by molar-refractivity contribution is 6.30. The maximum absolute atomic E-state index is 15.0. The third-order valence-electron chi connectivity index (χ3n) is 4.92. The van der Waals surface area contributed by atoms with E-state index in [0.717, 1.165) is 16.6 Å². The highest BCUT2D eigenvalue weighted by Gasteiger charge is 2.16. The number of H-pyrrole nitrogens is 1. The summed E-state index contributed by atoms with van der Waals surface area (Å²) in [6, 6.07) is 6.06. The summed E-state index contributed by atoms with van der Waals surface area (Å²) in [6.45, 7) is 1.77. The number of pyridine rings is 2. The number of methoxy groups -OCH3 is 1. The summed E-state index contributed by atoms with van der Waals surface area (Å²) in [5.74, 6) is -0.606. The Balaban J connectivity index is 1.53. The first-order valence-electron chi connectivity index (χ1n) is 9.42. The molecule has 0 atom stereocenters. The summed E-state index contributed by atoms with van der Waals surface area (Å²) in [5.41, 5.74) is 2.13. The van der Waals surface area contributed by atoms with Crippen molar-refractivity contribution in [1.29, 1.82) is 0 Å². The van der Waals surface area contributed by atoms with Crippen LogP contribution >= 0.6 is 11.6 Å². The lowest BCUT2D eigenvalue weighted by atomic mass is 10.1. The smallest absolute Gasteiger partial charge is 0.218 e. The van der Waals surface area contributed by atoms with Gasteiger partial charge in [-0.25, -0.2) is 18.7 Å². The Hall–Kier alpha value is -3.39. The zero-order chi connectivity index (χ0) is 22.0. The van der Waals surface area contributed by atoms with Crippen LogP contribution in [0.15, 0.2) is 42.9 Å². The van der Waals surface area contributed by atoms with E-state index in [1.807, 2.05) is 13.0 Å². The average molecular weight is 445 g/mol. The predicted octanol–water partition coefficient (Wildman–Crippen LogP) is 5.40. The van der Waals surface area contributed by atoms with Crippen LogP contribution in [-0.2, 0) is 13.2 Å². The second-order valence-corrected chi connectivity index (χ2v) is 7.28. The highest BCUT2D eigenvalue weighted by Crippen LogP contribution is 2.28. The Labute approximate surface area is 182 Å². The van der Waals surface area contributed by atoms with Gasteiger partial charge in [0.05, 0.1) is 29.6 Å². The molecule has 0 spiro atoms. The van der Waals surface area contributed by atoms with Crippen LogP contribution in [0.3, 0.4) is 0 Å². The van der Waals surface area contributed by atoms with Crippen LogP contribution < -0.4 is 14.8 Å². The SMILES string of the molecule is COc1ncc(Cl)cc1CNc1ccc(F)c(COc2cnc3[nH]ccc3c2C)c1F. The standard InChI is InChI=1S/C22H19ClF2N4O2/c1-12-15-5-6-26-21(15)28-10-19(12)31-11-16-17(24)3-4-18(20(16)25)27-8-13-7-14(23)9-29-22(13)30-2/h3-7,9-10,27H,8,11H2,1-2H3,(H,26,28). The summed E-state index contributed by atoms with van der Waals surface area (Å²) in [4.78, 5) is 11.3. The quantitative estimate of drug-likeness (QED) is 0.399. The fraction of sp³-hybridized carbons (Fsp3) is 0.182. The van der Waals surface area contributed by atoms with Crippen molar-refractivity contribution in [2.75, 3.05) is 12.4 Å². The van der Waals surface area contributed by atoms with Gasteiger partial charge in [0.15, 0.2) is 5.82 Å². The van der Waals surface area contributed by atoms with E-state index < -0.39 is 11.6 Å². The Bertz CT molecular complexity index is 1250. The Morgan fingerprint density at radius 2 is 2.00 bits per heavy atom. The lowest BCUT2D eigenvalue weighted by molar-refractivity contribution is 0.290. The molecule has 3 heterocycles. The minimum atomic E-state index is -0.734. The maximum atomic E-state index is 15.0. The number of halogens is 3. The number of benzene rings is 1. The lowest BCUT2D eigenvalue weighted by Crippen LogP contribution is -2.09. The van der Waals surface area contributed by atoms with Crippen LogP contribution in [0.5, 0.6) is 11.6 Å². The van der Waals surface area contributed by atoms with Crippen LogP contribution in [0.1, 0.15) is 16.7 Å². The van der Waals surface area contributed by atoms with Crippen molar-refractivity contribution in [2.24, 2.45) is 0 Å². The zero-order valence-electron chi connectivity index (χ0n) is 16.8. The molecule has 0 amide bonds. The summed E-state index contributed by atoms with van der Waals surface area (Å²) in [6.07, 6.45) is 4.76. The first-order chi connectivity index (χ1) is 15.0. The van der Waals surface area contributed by atoms with Crippen molar-refractivity contribution in [2.45, 2.75) is 20.1 Å². The van der Waals surface area contributed by atoms with Gasteiger partial charge in [-0.3, -0.25) is 0 Å². The molecule has 0 aliphatic rings. The van der Waals surface area contributed by atoms with Gasteiger partial charge in [0.2, 0.25) is 5.88 Å². The molecule has 0 radical (unpaired) electrons. The topological polar surface area (TPSA) is 72.1 Å².